The Bertz CT molecular complexity index is 454. The van der Waals surface area contributed by atoms with Crippen molar-refractivity contribution in [2.45, 2.75) is 18.9 Å². The molecule has 0 bridgehead atoms. The summed E-state index contributed by atoms with van der Waals surface area (Å²) < 4.78 is 6.54. The Morgan fingerprint density at radius 3 is 2.45 bits per heavy atom. The van der Waals surface area contributed by atoms with E-state index in [1.54, 1.807) is 0 Å². The van der Waals surface area contributed by atoms with Gasteiger partial charge >= 0.3 is 0 Å². The van der Waals surface area contributed by atoms with Crippen LogP contribution in [0.5, 0.6) is 0 Å². The quantitative estimate of drug-likeness (QED) is 0.839. The van der Waals surface area contributed by atoms with Gasteiger partial charge in [-0.05, 0) is 47.0 Å². The Morgan fingerprint density at radius 2 is 1.80 bits per heavy atom. The summed E-state index contributed by atoms with van der Waals surface area (Å²) in [5, 5.41) is 0. The van der Waals surface area contributed by atoms with E-state index in [2.05, 4.69) is 31.8 Å². The second kappa shape index (κ2) is 6.33. The second-order valence-electron chi connectivity index (χ2n) is 5.58. The van der Waals surface area contributed by atoms with E-state index in [0.29, 0.717) is 0 Å². The number of nitrogens with two attached hydrogens (primary N) is 1. The molecule has 4 nitrogen and oxygen atoms in total. The molecule has 0 saturated carbocycles. The second-order valence-corrected chi connectivity index (χ2v) is 6.43. The maximum absolute atomic E-state index is 5.81. The molecule has 5 heteroatoms. The Labute approximate surface area is 129 Å². The van der Waals surface area contributed by atoms with Gasteiger partial charge in [0.1, 0.15) is 0 Å². The summed E-state index contributed by atoms with van der Waals surface area (Å²) in [5.74, 6) is 0. The number of hydrogen-bond donors (Lipinski definition) is 1. The minimum Gasteiger partial charge on any atom is -0.399 e. The van der Waals surface area contributed by atoms with Gasteiger partial charge in [0.15, 0.2) is 0 Å². The molecule has 0 atom stereocenters. The van der Waals surface area contributed by atoms with E-state index >= 15 is 0 Å². The van der Waals surface area contributed by atoms with Crippen LogP contribution in [0.4, 0.5) is 11.4 Å². The number of benzene rings is 1. The topological polar surface area (TPSA) is 41.7 Å². The molecule has 0 aromatic heterocycles. The zero-order chi connectivity index (χ0) is 13.9. The van der Waals surface area contributed by atoms with Crippen LogP contribution in [-0.4, -0.2) is 50.3 Å². The molecular weight excluding hydrogens is 318 g/mol. The third kappa shape index (κ3) is 3.10. The van der Waals surface area contributed by atoms with Gasteiger partial charge in [-0.25, -0.2) is 0 Å². The van der Waals surface area contributed by atoms with E-state index in [1.165, 1.54) is 18.5 Å². The zero-order valence-electron chi connectivity index (χ0n) is 11.7. The average Bonchev–Trinajstić information content (AvgIpc) is 2.48. The van der Waals surface area contributed by atoms with E-state index in [-0.39, 0.29) is 0 Å². The molecule has 0 radical (unpaired) electrons. The molecule has 1 aromatic carbocycles. The van der Waals surface area contributed by atoms with Gasteiger partial charge in [-0.2, -0.15) is 0 Å². The van der Waals surface area contributed by atoms with Crippen molar-refractivity contribution in [2.75, 3.05) is 50.0 Å². The van der Waals surface area contributed by atoms with Gasteiger partial charge in [0, 0.05) is 42.4 Å². The van der Waals surface area contributed by atoms with Crippen molar-refractivity contribution in [3.05, 3.63) is 22.7 Å². The van der Waals surface area contributed by atoms with Crippen LogP contribution < -0.4 is 10.6 Å². The summed E-state index contributed by atoms with van der Waals surface area (Å²) in [4.78, 5) is 5.05. The molecule has 0 unspecified atom stereocenters. The average molecular weight is 340 g/mol. The summed E-state index contributed by atoms with van der Waals surface area (Å²) in [6.07, 6.45) is 2.47. The van der Waals surface area contributed by atoms with Crippen LogP contribution in [0.3, 0.4) is 0 Å². The molecule has 2 fully saturated rings. The maximum atomic E-state index is 5.81. The van der Waals surface area contributed by atoms with Crippen molar-refractivity contribution in [2.24, 2.45) is 0 Å². The van der Waals surface area contributed by atoms with Gasteiger partial charge in [0.25, 0.3) is 0 Å². The lowest BCUT2D eigenvalue weighted by atomic mass is 10.0. The van der Waals surface area contributed by atoms with Gasteiger partial charge in [0.05, 0.1) is 18.9 Å². The van der Waals surface area contributed by atoms with Crippen molar-refractivity contribution < 1.29 is 4.74 Å². The van der Waals surface area contributed by atoms with Gasteiger partial charge in [0.2, 0.25) is 0 Å². The normalized spacial score (nSPS) is 22.1. The van der Waals surface area contributed by atoms with Gasteiger partial charge in [-0.15, -0.1) is 0 Å². The molecule has 1 aromatic rings. The first kappa shape index (κ1) is 14.2. The number of piperidine rings is 1. The van der Waals surface area contributed by atoms with Crippen molar-refractivity contribution >= 4 is 27.3 Å². The first-order chi connectivity index (χ1) is 9.74. The van der Waals surface area contributed by atoms with Crippen molar-refractivity contribution in [1.29, 1.82) is 0 Å². The highest BCUT2D eigenvalue weighted by Gasteiger charge is 2.26. The van der Waals surface area contributed by atoms with Gasteiger partial charge < -0.3 is 15.4 Å². The Kier molecular flexibility index (Phi) is 4.48. The lowest BCUT2D eigenvalue weighted by Crippen LogP contribution is -2.49. The Morgan fingerprint density at radius 1 is 1.10 bits per heavy atom. The van der Waals surface area contributed by atoms with E-state index in [1.807, 2.05) is 12.1 Å². The fourth-order valence-electron chi connectivity index (χ4n) is 3.19. The van der Waals surface area contributed by atoms with Crippen LogP contribution in [0.25, 0.3) is 0 Å². The molecule has 110 valence electrons. The lowest BCUT2D eigenvalue weighted by molar-refractivity contribution is 0.0115. The fourth-order valence-corrected chi connectivity index (χ4v) is 3.84. The predicted octanol–water partition coefficient (Wildman–Crippen LogP) is 2.33. The van der Waals surface area contributed by atoms with E-state index in [4.69, 9.17) is 10.5 Å². The SMILES string of the molecule is Nc1ccc(N2CCC(N3CCOCC3)CC2)c(Br)c1. The van der Waals surface area contributed by atoms with Crippen LogP contribution in [0, 0.1) is 0 Å². The van der Waals surface area contributed by atoms with Crippen LogP contribution in [0.1, 0.15) is 12.8 Å². The van der Waals surface area contributed by atoms with Gasteiger partial charge in [-0.1, -0.05) is 0 Å². The molecule has 2 saturated heterocycles. The Hall–Kier alpha value is -0.780. The number of morpholine rings is 1. The summed E-state index contributed by atoms with van der Waals surface area (Å²) in [6.45, 7) is 6.20. The minimum atomic E-state index is 0.725. The standard InChI is InChI=1S/C15H22BrN3O/c16-14-11-12(17)1-2-15(14)19-5-3-13(4-6-19)18-7-9-20-10-8-18/h1-2,11,13H,3-10,17H2. The highest BCUT2D eigenvalue weighted by molar-refractivity contribution is 9.10. The van der Waals surface area contributed by atoms with Crippen LogP contribution in [0.2, 0.25) is 0 Å². The number of halogens is 1. The molecule has 20 heavy (non-hydrogen) atoms. The number of anilines is 2. The van der Waals surface area contributed by atoms with Crippen LogP contribution >= 0.6 is 15.9 Å². The summed E-state index contributed by atoms with van der Waals surface area (Å²) in [5.41, 5.74) is 7.88. The third-order valence-corrected chi connectivity index (χ3v) is 4.97. The molecule has 0 aliphatic carbocycles. The lowest BCUT2D eigenvalue weighted by Gasteiger charge is -2.41. The first-order valence-corrected chi connectivity index (χ1v) is 8.15. The highest BCUT2D eigenvalue weighted by Crippen LogP contribution is 2.31. The molecular formula is C15H22BrN3O. The van der Waals surface area contributed by atoms with Crippen LogP contribution in [0.15, 0.2) is 22.7 Å². The van der Waals surface area contributed by atoms with Gasteiger partial charge in [-0.3, -0.25) is 4.90 Å². The number of rotatable bonds is 2. The monoisotopic (exact) mass is 339 g/mol. The first-order valence-electron chi connectivity index (χ1n) is 7.36. The van der Waals surface area contributed by atoms with E-state index < -0.39 is 0 Å². The third-order valence-electron chi connectivity index (χ3n) is 4.34. The Balaban J connectivity index is 1.60. The molecule has 0 amide bonds. The number of ether oxygens (including phenoxy) is 1. The fraction of sp³-hybridized carbons (Fsp3) is 0.600. The summed E-state index contributed by atoms with van der Waals surface area (Å²) in [6, 6.07) is 6.81. The van der Waals surface area contributed by atoms with E-state index in [0.717, 1.165) is 55.6 Å². The zero-order valence-corrected chi connectivity index (χ0v) is 13.3. The summed E-state index contributed by atoms with van der Waals surface area (Å²) >= 11 is 3.63. The van der Waals surface area contributed by atoms with Crippen molar-refractivity contribution in [3.8, 4) is 0 Å². The molecule has 2 heterocycles. The largest absolute Gasteiger partial charge is 0.399 e. The van der Waals surface area contributed by atoms with Crippen molar-refractivity contribution in [3.63, 3.8) is 0 Å². The highest BCUT2D eigenvalue weighted by atomic mass is 79.9. The van der Waals surface area contributed by atoms with Crippen LogP contribution in [-0.2, 0) is 4.74 Å². The number of nitrogens with zero attached hydrogens (tertiary/aromatic N) is 2. The minimum absolute atomic E-state index is 0.725. The summed E-state index contributed by atoms with van der Waals surface area (Å²) in [7, 11) is 0. The maximum Gasteiger partial charge on any atom is 0.0594 e. The molecule has 0 spiro atoms. The number of nitrogen functional groups attached to an aromatic ring is 1. The molecule has 2 aliphatic heterocycles. The van der Waals surface area contributed by atoms with Crippen molar-refractivity contribution in [1.82, 2.24) is 4.90 Å². The predicted molar refractivity (Wildman–Crippen MR) is 86.2 cm³/mol. The molecule has 2 N–H and O–H groups in total. The molecule has 3 rings (SSSR count). The number of hydrogen-bond acceptors (Lipinski definition) is 4. The van der Waals surface area contributed by atoms with E-state index in [9.17, 15) is 0 Å². The smallest absolute Gasteiger partial charge is 0.0594 e. The molecule has 2 aliphatic rings.